The summed E-state index contributed by atoms with van der Waals surface area (Å²) in [5, 5.41) is 4.13. The average molecular weight is 435 g/mol. The fourth-order valence-corrected chi connectivity index (χ4v) is 2.97. The summed E-state index contributed by atoms with van der Waals surface area (Å²) < 4.78 is 34.6. The van der Waals surface area contributed by atoms with E-state index in [1.807, 2.05) is 6.07 Å². The van der Waals surface area contributed by atoms with Crippen LogP contribution in [0.1, 0.15) is 31.1 Å². The lowest BCUT2D eigenvalue weighted by molar-refractivity contribution is -0.115. The fourth-order valence-electron chi connectivity index (χ4n) is 2.52. The Hall–Kier alpha value is -3.07. The monoisotopic (exact) mass is 434 g/mol. The zero-order valence-corrected chi connectivity index (χ0v) is 18.2. The van der Waals surface area contributed by atoms with E-state index in [0.29, 0.717) is 30.2 Å². The second-order valence-electron chi connectivity index (χ2n) is 6.49. The van der Waals surface area contributed by atoms with Crippen molar-refractivity contribution in [3.63, 3.8) is 0 Å². The molecule has 0 spiro atoms. The Morgan fingerprint density at radius 1 is 0.933 bits per heavy atom. The van der Waals surface area contributed by atoms with E-state index in [4.69, 9.17) is 9.47 Å². The SMILES string of the molecule is CCOc1cc(NC(=O)C(C)S(C)(=O)=O)c(OCC)cc1NC(=O)c1ccccc1. The summed E-state index contributed by atoms with van der Waals surface area (Å²) in [6, 6.07) is 11.7. The predicted molar refractivity (Wildman–Crippen MR) is 116 cm³/mol. The van der Waals surface area contributed by atoms with Gasteiger partial charge in [0.1, 0.15) is 16.7 Å². The first-order chi connectivity index (χ1) is 14.2. The van der Waals surface area contributed by atoms with Gasteiger partial charge in [0.05, 0.1) is 24.6 Å². The number of benzene rings is 2. The van der Waals surface area contributed by atoms with Crippen molar-refractivity contribution in [1.29, 1.82) is 0 Å². The van der Waals surface area contributed by atoms with Crippen molar-refractivity contribution in [3.8, 4) is 11.5 Å². The van der Waals surface area contributed by atoms with Crippen molar-refractivity contribution in [3.05, 3.63) is 48.0 Å². The van der Waals surface area contributed by atoms with Crippen molar-refractivity contribution in [2.24, 2.45) is 0 Å². The van der Waals surface area contributed by atoms with Crippen LogP contribution in [0.4, 0.5) is 11.4 Å². The van der Waals surface area contributed by atoms with Crippen LogP contribution < -0.4 is 20.1 Å². The predicted octanol–water partition coefficient (Wildman–Crippen LogP) is 3.11. The number of carbonyl (C=O) groups excluding carboxylic acids is 2. The van der Waals surface area contributed by atoms with Crippen molar-refractivity contribution in [2.75, 3.05) is 30.1 Å². The summed E-state index contributed by atoms with van der Waals surface area (Å²) in [5.74, 6) is -0.436. The summed E-state index contributed by atoms with van der Waals surface area (Å²) in [5.41, 5.74) is 1.08. The molecule has 8 nitrogen and oxygen atoms in total. The van der Waals surface area contributed by atoms with Crippen LogP contribution in [-0.2, 0) is 14.6 Å². The van der Waals surface area contributed by atoms with E-state index >= 15 is 0 Å². The molecule has 1 atom stereocenters. The van der Waals surface area contributed by atoms with Crippen LogP contribution in [-0.4, -0.2) is 45.0 Å². The molecule has 0 saturated carbocycles. The summed E-state index contributed by atoms with van der Waals surface area (Å²) in [6.45, 7) is 5.47. The largest absolute Gasteiger partial charge is 0.492 e. The van der Waals surface area contributed by atoms with Crippen LogP contribution in [0.25, 0.3) is 0 Å². The maximum Gasteiger partial charge on any atom is 0.255 e. The van der Waals surface area contributed by atoms with Crippen molar-refractivity contribution >= 4 is 33.0 Å². The van der Waals surface area contributed by atoms with Gasteiger partial charge in [-0.05, 0) is 32.9 Å². The van der Waals surface area contributed by atoms with E-state index in [9.17, 15) is 18.0 Å². The number of sulfone groups is 1. The van der Waals surface area contributed by atoms with Gasteiger partial charge in [0.2, 0.25) is 5.91 Å². The zero-order valence-electron chi connectivity index (χ0n) is 17.4. The average Bonchev–Trinajstić information content (AvgIpc) is 2.70. The van der Waals surface area contributed by atoms with Gasteiger partial charge in [-0.1, -0.05) is 18.2 Å². The van der Waals surface area contributed by atoms with Gasteiger partial charge in [-0.15, -0.1) is 0 Å². The third kappa shape index (κ3) is 5.96. The molecule has 2 aromatic rings. The Bertz CT molecular complexity index is 1010. The summed E-state index contributed by atoms with van der Waals surface area (Å²) in [6.07, 6.45) is 0.995. The van der Waals surface area contributed by atoms with Crippen LogP contribution >= 0.6 is 0 Å². The molecule has 0 aliphatic carbocycles. The maximum absolute atomic E-state index is 12.6. The van der Waals surface area contributed by atoms with Crippen LogP contribution in [0.2, 0.25) is 0 Å². The van der Waals surface area contributed by atoms with Gasteiger partial charge in [0.15, 0.2) is 9.84 Å². The minimum absolute atomic E-state index is 0.249. The molecular weight excluding hydrogens is 408 g/mol. The van der Waals surface area contributed by atoms with E-state index in [0.717, 1.165) is 6.26 Å². The highest BCUT2D eigenvalue weighted by Gasteiger charge is 2.25. The van der Waals surface area contributed by atoms with Crippen LogP contribution in [0.15, 0.2) is 42.5 Å². The lowest BCUT2D eigenvalue weighted by Gasteiger charge is -2.18. The highest BCUT2D eigenvalue weighted by molar-refractivity contribution is 7.92. The molecule has 0 saturated heterocycles. The van der Waals surface area contributed by atoms with Gasteiger partial charge >= 0.3 is 0 Å². The lowest BCUT2D eigenvalue weighted by Crippen LogP contribution is -2.32. The lowest BCUT2D eigenvalue weighted by atomic mass is 10.2. The van der Waals surface area contributed by atoms with Gasteiger partial charge in [-0.3, -0.25) is 9.59 Å². The summed E-state index contributed by atoms with van der Waals surface area (Å²) in [7, 11) is -3.56. The highest BCUT2D eigenvalue weighted by atomic mass is 32.2. The van der Waals surface area contributed by atoms with Gasteiger partial charge in [0.25, 0.3) is 5.91 Å². The molecule has 2 aromatic carbocycles. The summed E-state index contributed by atoms with van der Waals surface area (Å²) in [4.78, 5) is 24.9. The van der Waals surface area contributed by atoms with Gasteiger partial charge < -0.3 is 20.1 Å². The second kappa shape index (κ2) is 10.1. The molecule has 0 fully saturated rings. The first kappa shape index (κ1) is 23.2. The van der Waals surface area contributed by atoms with Gasteiger partial charge in [-0.2, -0.15) is 0 Å². The normalized spacial score (nSPS) is 12.0. The molecule has 30 heavy (non-hydrogen) atoms. The third-order valence-electron chi connectivity index (χ3n) is 4.23. The second-order valence-corrected chi connectivity index (χ2v) is 8.86. The minimum atomic E-state index is -3.56. The Morgan fingerprint density at radius 2 is 1.43 bits per heavy atom. The molecule has 2 rings (SSSR count). The Labute approximate surface area is 176 Å². The van der Waals surface area contributed by atoms with E-state index < -0.39 is 21.0 Å². The number of hydrogen-bond acceptors (Lipinski definition) is 6. The van der Waals surface area contributed by atoms with Crippen LogP contribution in [0, 0.1) is 0 Å². The Balaban J connectivity index is 2.40. The minimum Gasteiger partial charge on any atom is -0.492 e. The van der Waals surface area contributed by atoms with E-state index in [2.05, 4.69) is 10.6 Å². The highest BCUT2D eigenvalue weighted by Crippen LogP contribution is 2.37. The zero-order chi connectivity index (χ0) is 22.3. The van der Waals surface area contributed by atoms with Gasteiger partial charge in [-0.25, -0.2) is 8.42 Å². The molecule has 162 valence electrons. The summed E-state index contributed by atoms with van der Waals surface area (Å²) >= 11 is 0. The molecule has 0 radical (unpaired) electrons. The molecule has 9 heteroatoms. The van der Waals surface area contributed by atoms with E-state index in [-0.39, 0.29) is 17.3 Å². The molecule has 1 unspecified atom stereocenters. The number of carbonyl (C=O) groups is 2. The molecular formula is C21H26N2O6S. The molecule has 0 aromatic heterocycles. The Morgan fingerprint density at radius 3 is 1.90 bits per heavy atom. The maximum atomic E-state index is 12.6. The number of rotatable bonds is 9. The van der Waals surface area contributed by atoms with Gasteiger partial charge in [0, 0.05) is 24.0 Å². The van der Waals surface area contributed by atoms with Crippen LogP contribution in [0.5, 0.6) is 11.5 Å². The smallest absolute Gasteiger partial charge is 0.255 e. The molecule has 0 bridgehead atoms. The van der Waals surface area contributed by atoms with Crippen LogP contribution in [0.3, 0.4) is 0 Å². The quantitative estimate of drug-likeness (QED) is 0.627. The van der Waals surface area contributed by atoms with E-state index in [1.165, 1.54) is 19.1 Å². The molecule has 0 heterocycles. The van der Waals surface area contributed by atoms with Crippen molar-refractivity contribution in [1.82, 2.24) is 0 Å². The van der Waals surface area contributed by atoms with E-state index in [1.54, 1.807) is 38.1 Å². The topological polar surface area (TPSA) is 111 Å². The third-order valence-corrected chi connectivity index (χ3v) is 5.73. The molecule has 2 amide bonds. The number of nitrogens with one attached hydrogen (secondary N) is 2. The molecule has 2 N–H and O–H groups in total. The standard InChI is InChI=1S/C21H26N2O6S/c1-5-28-18-13-17(23-21(25)15-10-8-7-9-11-15)19(29-6-2)12-16(18)22-20(24)14(3)30(4,26)27/h7-14H,5-6H2,1-4H3,(H,22,24)(H,23,25). The fraction of sp³-hybridized carbons (Fsp3) is 0.333. The van der Waals surface area contributed by atoms with Crippen molar-refractivity contribution in [2.45, 2.75) is 26.0 Å². The molecule has 0 aliphatic rings. The van der Waals surface area contributed by atoms with Crippen molar-refractivity contribution < 1.29 is 27.5 Å². The number of hydrogen-bond donors (Lipinski definition) is 2. The first-order valence-corrected chi connectivity index (χ1v) is 11.4. The number of ether oxygens (including phenoxy) is 2. The molecule has 0 aliphatic heterocycles. The Kier molecular flexibility index (Phi) is 7.82. The number of amides is 2. The first-order valence-electron chi connectivity index (χ1n) is 9.47. The number of anilines is 2.